The van der Waals surface area contributed by atoms with Crippen LogP contribution in [0.25, 0.3) is 0 Å². The summed E-state index contributed by atoms with van der Waals surface area (Å²) in [5.74, 6) is 0.755. The number of carbonyl (C=O) groups excluding carboxylic acids is 1. The number of aryl methyl sites for hydroxylation is 2. The Kier molecular flexibility index (Phi) is 5.84. The van der Waals surface area contributed by atoms with Crippen molar-refractivity contribution in [2.24, 2.45) is 0 Å². The molecule has 0 bridgehead atoms. The Morgan fingerprint density at radius 2 is 1.91 bits per heavy atom. The van der Waals surface area contributed by atoms with Crippen LogP contribution in [0.5, 0.6) is 0 Å². The number of benzene rings is 2. The van der Waals surface area contributed by atoms with Gasteiger partial charge in [0.25, 0.3) is 0 Å². The summed E-state index contributed by atoms with van der Waals surface area (Å²) in [4.78, 5) is 12.3. The second-order valence-corrected chi connectivity index (χ2v) is 6.90. The van der Waals surface area contributed by atoms with Gasteiger partial charge in [0, 0.05) is 11.4 Å². The van der Waals surface area contributed by atoms with Crippen molar-refractivity contribution in [2.75, 3.05) is 5.32 Å². The molecule has 0 aliphatic carbocycles. The fourth-order valence-corrected chi connectivity index (χ4v) is 2.92. The summed E-state index contributed by atoms with van der Waals surface area (Å²) in [6, 6.07) is 15.6. The van der Waals surface area contributed by atoms with E-state index in [2.05, 4.69) is 11.4 Å². The van der Waals surface area contributed by atoms with Gasteiger partial charge in [-0.25, -0.2) is 0 Å². The molecule has 0 spiro atoms. The molecule has 2 aromatic carbocycles. The summed E-state index contributed by atoms with van der Waals surface area (Å²) in [6.07, 6.45) is 0. The monoisotopic (exact) mass is 324 g/mol. The molecule has 0 aromatic heterocycles. The highest BCUT2D eigenvalue weighted by Crippen LogP contribution is 2.21. The second-order valence-electron chi connectivity index (χ2n) is 5.57. The third-order valence-corrected chi connectivity index (χ3v) is 4.82. The molecule has 1 amide bonds. The number of rotatable bonds is 5. The highest BCUT2D eigenvalue weighted by atomic mass is 32.2. The first kappa shape index (κ1) is 17.1. The number of anilines is 1. The Morgan fingerprint density at radius 3 is 2.57 bits per heavy atom. The number of nitrogens with zero attached hydrogens (tertiary/aromatic N) is 1. The van der Waals surface area contributed by atoms with E-state index in [1.807, 2.05) is 51.1 Å². The Bertz CT molecular complexity index is 732. The van der Waals surface area contributed by atoms with Gasteiger partial charge in [-0.15, -0.1) is 11.8 Å². The van der Waals surface area contributed by atoms with Gasteiger partial charge in [0.2, 0.25) is 5.91 Å². The standard InChI is InChI=1S/C19H20N2OS/c1-13-4-5-14(2)18(10-13)21-19(22)15(3)23-12-17-8-6-16(11-20)7-9-17/h4-10,15H,12H2,1-3H3,(H,21,22). The van der Waals surface area contributed by atoms with E-state index in [1.54, 1.807) is 23.9 Å². The number of nitriles is 1. The van der Waals surface area contributed by atoms with Gasteiger partial charge in [-0.3, -0.25) is 4.79 Å². The zero-order valence-corrected chi connectivity index (χ0v) is 14.4. The Morgan fingerprint density at radius 1 is 1.22 bits per heavy atom. The molecule has 0 aliphatic rings. The quantitative estimate of drug-likeness (QED) is 0.885. The van der Waals surface area contributed by atoms with Crippen LogP contribution in [0.2, 0.25) is 0 Å². The molecule has 1 N–H and O–H groups in total. The summed E-state index contributed by atoms with van der Waals surface area (Å²) < 4.78 is 0. The molecule has 4 heteroatoms. The molecule has 0 fully saturated rings. The van der Waals surface area contributed by atoms with Crippen LogP contribution >= 0.6 is 11.8 Å². The van der Waals surface area contributed by atoms with Crippen molar-refractivity contribution >= 4 is 23.4 Å². The number of amides is 1. The van der Waals surface area contributed by atoms with Crippen LogP contribution in [0.4, 0.5) is 5.69 Å². The van der Waals surface area contributed by atoms with Crippen molar-refractivity contribution in [1.29, 1.82) is 5.26 Å². The average Bonchev–Trinajstić information content (AvgIpc) is 2.56. The first-order valence-corrected chi connectivity index (χ1v) is 8.53. The fraction of sp³-hybridized carbons (Fsp3) is 0.263. The molecule has 0 saturated heterocycles. The smallest absolute Gasteiger partial charge is 0.237 e. The van der Waals surface area contributed by atoms with E-state index in [0.29, 0.717) is 5.56 Å². The van der Waals surface area contributed by atoms with Gasteiger partial charge in [0.05, 0.1) is 16.9 Å². The average molecular weight is 324 g/mol. The molecule has 0 aliphatic heterocycles. The van der Waals surface area contributed by atoms with Crippen LogP contribution in [0.15, 0.2) is 42.5 Å². The van der Waals surface area contributed by atoms with Crippen molar-refractivity contribution in [3.8, 4) is 6.07 Å². The summed E-state index contributed by atoms with van der Waals surface area (Å²) in [6.45, 7) is 5.91. The third-order valence-electron chi connectivity index (χ3n) is 3.60. The minimum atomic E-state index is -0.148. The predicted octanol–water partition coefficient (Wildman–Crippen LogP) is 4.44. The van der Waals surface area contributed by atoms with Crippen LogP contribution in [0.1, 0.15) is 29.2 Å². The Hall–Kier alpha value is -2.25. The number of hydrogen-bond acceptors (Lipinski definition) is 3. The van der Waals surface area contributed by atoms with Gasteiger partial charge >= 0.3 is 0 Å². The van der Waals surface area contributed by atoms with Crippen molar-refractivity contribution in [1.82, 2.24) is 0 Å². The van der Waals surface area contributed by atoms with Crippen LogP contribution in [-0.2, 0) is 10.5 Å². The molecule has 2 aromatic rings. The molecule has 23 heavy (non-hydrogen) atoms. The van der Waals surface area contributed by atoms with Crippen LogP contribution in [0, 0.1) is 25.2 Å². The molecular weight excluding hydrogens is 304 g/mol. The zero-order valence-electron chi connectivity index (χ0n) is 13.6. The Labute approximate surface area is 141 Å². The summed E-state index contributed by atoms with van der Waals surface area (Å²) in [5, 5.41) is 11.6. The molecule has 3 nitrogen and oxygen atoms in total. The maximum absolute atomic E-state index is 12.3. The highest BCUT2D eigenvalue weighted by molar-refractivity contribution is 7.99. The molecule has 0 heterocycles. The van der Waals surface area contributed by atoms with Crippen LogP contribution < -0.4 is 5.32 Å². The number of nitrogens with one attached hydrogen (secondary N) is 1. The number of carbonyl (C=O) groups is 1. The molecular formula is C19H20N2OS. The fourth-order valence-electron chi connectivity index (χ4n) is 2.08. The summed E-state index contributed by atoms with van der Waals surface area (Å²) >= 11 is 1.59. The lowest BCUT2D eigenvalue weighted by atomic mass is 10.1. The first-order chi connectivity index (χ1) is 11.0. The van der Waals surface area contributed by atoms with Gasteiger partial charge in [0.15, 0.2) is 0 Å². The van der Waals surface area contributed by atoms with E-state index >= 15 is 0 Å². The molecule has 1 atom stereocenters. The van der Waals surface area contributed by atoms with Crippen LogP contribution in [0.3, 0.4) is 0 Å². The van der Waals surface area contributed by atoms with E-state index in [1.165, 1.54) is 0 Å². The molecule has 0 radical (unpaired) electrons. The van der Waals surface area contributed by atoms with Gasteiger partial charge in [0.1, 0.15) is 0 Å². The molecule has 2 rings (SSSR count). The minimum Gasteiger partial charge on any atom is -0.325 e. The lowest BCUT2D eigenvalue weighted by molar-refractivity contribution is -0.115. The van der Waals surface area contributed by atoms with Crippen LogP contribution in [-0.4, -0.2) is 11.2 Å². The largest absolute Gasteiger partial charge is 0.325 e. The molecule has 1 unspecified atom stereocenters. The zero-order chi connectivity index (χ0) is 16.8. The lowest BCUT2D eigenvalue weighted by Crippen LogP contribution is -2.23. The van der Waals surface area contributed by atoms with E-state index in [0.717, 1.165) is 28.1 Å². The normalized spacial score (nSPS) is 11.6. The summed E-state index contributed by atoms with van der Waals surface area (Å²) in [5.41, 5.74) is 4.83. The third kappa shape index (κ3) is 4.87. The topological polar surface area (TPSA) is 52.9 Å². The van der Waals surface area contributed by atoms with Crippen molar-refractivity contribution < 1.29 is 4.79 Å². The second kappa shape index (κ2) is 7.85. The maximum atomic E-state index is 12.3. The lowest BCUT2D eigenvalue weighted by Gasteiger charge is -2.14. The molecule has 118 valence electrons. The number of hydrogen-bond donors (Lipinski definition) is 1. The molecule has 0 saturated carbocycles. The highest BCUT2D eigenvalue weighted by Gasteiger charge is 2.14. The predicted molar refractivity (Wildman–Crippen MR) is 96.5 cm³/mol. The van der Waals surface area contributed by atoms with Crippen molar-refractivity contribution in [2.45, 2.75) is 31.8 Å². The van der Waals surface area contributed by atoms with Gasteiger partial charge in [-0.1, -0.05) is 24.3 Å². The van der Waals surface area contributed by atoms with Gasteiger partial charge in [-0.05, 0) is 55.7 Å². The van der Waals surface area contributed by atoms with E-state index in [4.69, 9.17) is 5.26 Å². The van der Waals surface area contributed by atoms with E-state index in [9.17, 15) is 4.79 Å². The van der Waals surface area contributed by atoms with E-state index in [-0.39, 0.29) is 11.2 Å². The van der Waals surface area contributed by atoms with Gasteiger partial charge < -0.3 is 5.32 Å². The number of thioether (sulfide) groups is 1. The van der Waals surface area contributed by atoms with E-state index < -0.39 is 0 Å². The SMILES string of the molecule is Cc1ccc(C)c(NC(=O)C(C)SCc2ccc(C#N)cc2)c1. The Balaban J connectivity index is 1.92. The van der Waals surface area contributed by atoms with Crippen molar-refractivity contribution in [3.63, 3.8) is 0 Å². The minimum absolute atomic E-state index is 0.0114. The van der Waals surface area contributed by atoms with Gasteiger partial charge in [-0.2, -0.15) is 5.26 Å². The van der Waals surface area contributed by atoms with Crippen molar-refractivity contribution in [3.05, 3.63) is 64.7 Å². The summed E-state index contributed by atoms with van der Waals surface area (Å²) in [7, 11) is 0. The first-order valence-electron chi connectivity index (χ1n) is 7.48. The maximum Gasteiger partial charge on any atom is 0.237 e.